The van der Waals surface area contributed by atoms with Crippen LogP contribution in [0.25, 0.3) is 10.2 Å². The molecule has 1 aliphatic heterocycles. The Hall–Kier alpha value is -2.31. The van der Waals surface area contributed by atoms with Gasteiger partial charge in [0, 0.05) is 25.6 Å². The van der Waals surface area contributed by atoms with Crippen LogP contribution >= 0.6 is 11.3 Å². The highest BCUT2D eigenvalue weighted by molar-refractivity contribution is 7.18. The fourth-order valence-corrected chi connectivity index (χ4v) is 4.91. The number of carbonyl (C=O) groups excluding carboxylic acids is 1. The highest BCUT2D eigenvalue weighted by atomic mass is 32.1. The zero-order chi connectivity index (χ0) is 19.5. The number of fused-ring (bicyclic) bond motifs is 1. The number of thiazole rings is 1. The summed E-state index contributed by atoms with van der Waals surface area (Å²) in [4.78, 5) is 21.3. The van der Waals surface area contributed by atoms with Crippen LogP contribution in [0.5, 0.6) is 0 Å². The van der Waals surface area contributed by atoms with Crippen molar-refractivity contribution in [2.45, 2.75) is 25.3 Å². The van der Waals surface area contributed by atoms with Gasteiger partial charge in [0.15, 0.2) is 0 Å². The van der Waals surface area contributed by atoms with Crippen LogP contribution in [-0.4, -0.2) is 47.4 Å². The van der Waals surface area contributed by atoms with Crippen LogP contribution in [0.3, 0.4) is 0 Å². The topological polar surface area (TPSA) is 36.4 Å². The van der Waals surface area contributed by atoms with E-state index in [1.165, 1.54) is 21.8 Å². The van der Waals surface area contributed by atoms with Crippen LogP contribution in [0.4, 0.5) is 4.39 Å². The second kappa shape index (κ2) is 8.37. The molecule has 0 saturated carbocycles. The Kier molecular flexibility index (Phi) is 5.69. The summed E-state index contributed by atoms with van der Waals surface area (Å²) in [5.74, 6) is 0.335. The molecule has 1 amide bonds. The van der Waals surface area contributed by atoms with E-state index in [4.69, 9.17) is 4.98 Å². The first-order valence-electron chi connectivity index (χ1n) is 9.65. The summed E-state index contributed by atoms with van der Waals surface area (Å²) in [5, 5.41) is 1.19. The molecular formula is C22H24FN3OS. The Morgan fingerprint density at radius 3 is 2.75 bits per heavy atom. The number of hydrogen-bond acceptors (Lipinski definition) is 4. The van der Waals surface area contributed by atoms with Gasteiger partial charge in [0.2, 0.25) is 5.91 Å². The number of likely N-dealkylation sites (tertiary alicyclic amines) is 1. The lowest BCUT2D eigenvalue weighted by molar-refractivity contribution is -0.133. The molecule has 1 aromatic heterocycles. The fraction of sp³-hybridized carbons (Fsp3) is 0.364. The molecule has 0 radical (unpaired) electrons. The van der Waals surface area contributed by atoms with E-state index < -0.39 is 0 Å². The molecule has 1 aliphatic rings. The van der Waals surface area contributed by atoms with Gasteiger partial charge in [0.1, 0.15) is 5.82 Å². The molecule has 1 saturated heterocycles. The van der Waals surface area contributed by atoms with Gasteiger partial charge in [-0.05, 0) is 49.7 Å². The Balaban J connectivity index is 1.29. The number of carbonyl (C=O) groups is 1. The minimum Gasteiger partial charge on any atom is -0.342 e. The minimum absolute atomic E-state index is 0.140. The third-order valence-corrected chi connectivity index (χ3v) is 6.45. The molecule has 2 aromatic carbocycles. The maximum absolute atomic E-state index is 13.3. The zero-order valence-corrected chi connectivity index (χ0v) is 16.8. The first-order valence-corrected chi connectivity index (χ1v) is 10.5. The molecule has 28 heavy (non-hydrogen) atoms. The van der Waals surface area contributed by atoms with Gasteiger partial charge in [-0.25, -0.2) is 9.37 Å². The zero-order valence-electron chi connectivity index (χ0n) is 16.0. The van der Waals surface area contributed by atoms with Crippen molar-refractivity contribution in [3.8, 4) is 0 Å². The summed E-state index contributed by atoms with van der Waals surface area (Å²) in [7, 11) is 1.90. The molecule has 4 rings (SSSR count). The van der Waals surface area contributed by atoms with Gasteiger partial charge in [0.25, 0.3) is 0 Å². The molecule has 0 aliphatic carbocycles. The fourth-order valence-electron chi connectivity index (χ4n) is 3.77. The van der Waals surface area contributed by atoms with Crippen molar-refractivity contribution in [3.63, 3.8) is 0 Å². The van der Waals surface area contributed by atoms with E-state index in [2.05, 4.69) is 12.1 Å². The number of piperidine rings is 1. The number of amides is 1. The van der Waals surface area contributed by atoms with Crippen LogP contribution in [0.1, 0.15) is 29.3 Å². The van der Waals surface area contributed by atoms with E-state index in [9.17, 15) is 9.18 Å². The monoisotopic (exact) mass is 397 g/mol. The number of benzene rings is 2. The van der Waals surface area contributed by atoms with Crippen LogP contribution in [0.15, 0.2) is 48.5 Å². The van der Waals surface area contributed by atoms with Gasteiger partial charge in [0.05, 0.1) is 21.8 Å². The van der Waals surface area contributed by atoms with Crippen LogP contribution in [0, 0.1) is 5.82 Å². The van der Waals surface area contributed by atoms with Gasteiger partial charge in [-0.2, -0.15) is 0 Å². The Morgan fingerprint density at radius 1 is 1.21 bits per heavy atom. The molecule has 2 heterocycles. The molecule has 0 N–H and O–H groups in total. The number of nitrogens with zero attached hydrogens (tertiary/aromatic N) is 3. The van der Waals surface area contributed by atoms with Crippen LogP contribution in [-0.2, 0) is 11.3 Å². The number of aromatic nitrogens is 1. The summed E-state index contributed by atoms with van der Waals surface area (Å²) in [6, 6.07) is 14.8. The van der Waals surface area contributed by atoms with Gasteiger partial charge in [-0.15, -0.1) is 11.3 Å². The maximum atomic E-state index is 13.3. The lowest BCUT2D eigenvalue weighted by Gasteiger charge is -2.32. The van der Waals surface area contributed by atoms with E-state index in [1.54, 1.807) is 17.4 Å². The second-order valence-corrected chi connectivity index (χ2v) is 8.54. The Bertz CT molecular complexity index is 932. The Morgan fingerprint density at radius 2 is 2.00 bits per heavy atom. The predicted octanol–water partition coefficient (Wildman–Crippen LogP) is 4.27. The number of para-hydroxylation sites is 1. The number of halogens is 1. The first kappa shape index (κ1) is 19.0. The summed E-state index contributed by atoms with van der Waals surface area (Å²) in [5.41, 5.74) is 1.95. The molecule has 0 unspecified atom stereocenters. The molecule has 0 spiro atoms. The van der Waals surface area contributed by atoms with E-state index in [-0.39, 0.29) is 11.7 Å². The van der Waals surface area contributed by atoms with Crippen molar-refractivity contribution in [1.82, 2.24) is 14.8 Å². The van der Waals surface area contributed by atoms with Crippen LogP contribution in [0.2, 0.25) is 0 Å². The van der Waals surface area contributed by atoms with Gasteiger partial charge < -0.3 is 4.90 Å². The standard InChI is InChI=1S/C22H24FN3OS/c1-25(14-16-5-4-6-18(23)13-16)15-21(27)26-11-9-17(10-12-26)22-24-19-7-2-3-8-20(19)28-22/h2-8,13,17H,9-12,14-15H2,1H3. The third-order valence-electron chi connectivity index (χ3n) is 5.25. The molecule has 0 atom stereocenters. The van der Waals surface area contributed by atoms with Crippen molar-refractivity contribution in [2.75, 3.05) is 26.7 Å². The average molecular weight is 398 g/mol. The van der Waals surface area contributed by atoms with Gasteiger partial charge in [-0.1, -0.05) is 24.3 Å². The van der Waals surface area contributed by atoms with Crippen molar-refractivity contribution in [3.05, 3.63) is 64.9 Å². The molecule has 0 bridgehead atoms. The largest absolute Gasteiger partial charge is 0.342 e. The molecule has 1 fully saturated rings. The average Bonchev–Trinajstić information content (AvgIpc) is 3.12. The Labute approximate surface area is 168 Å². The van der Waals surface area contributed by atoms with Crippen molar-refractivity contribution >= 4 is 27.5 Å². The molecule has 6 heteroatoms. The highest BCUT2D eigenvalue weighted by Gasteiger charge is 2.26. The second-order valence-electron chi connectivity index (χ2n) is 7.48. The summed E-state index contributed by atoms with van der Waals surface area (Å²) < 4.78 is 14.5. The van der Waals surface area contributed by atoms with E-state index in [1.807, 2.05) is 35.0 Å². The van der Waals surface area contributed by atoms with E-state index in [0.29, 0.717) is 19.0 Å². The van der Waals surface area contributed by atoms with Crippen molar-refractivity contribution < 1.29 is 9.18 Å². The summed E-state index contributed by atoms with van der Waals surface area (Å²) in [6.07, 6.45) is 1.92. The van der Waals surface area contributed by atoms with E-state index in [0.717, 1.165) is 37.0 Å². The molecule has 3 aromatic rings. The number of hydrogen-bond donors (Lipinski definition) is 0. The smallest absolute Gasteiger partial charge is 0.236 e. The molecule has 146 valence electrons. The summed E-state index contributed by atoms with van der Waals surface area (Å²) >= 11 is 1.77. The SMILES string of the molecule is CN(CC(=O)N1CCC(c2nc3ccccc3s2)CC1)Cc1cccc(F)c1. The predicted molar refractivity (Wildman–Crippen MR) is 111 cm³/mol. The normalized spacial score (nSPS) is 15.5. The third kappa shape index (κ3) is 4.39. The maximum Gasteiger partial charge on any atom is 0.236 e. The molecular weight excluding hydrogens is 373 g/mol. The van der Waals surface area contributed by atoms with Gasteiger partial charge >= 0.3 is 0 Å². The lowest BCUT2D eigenvalue weighted by atomic mass is 9.97. The highest BCUT2D eigenvalue weighted by Crippen LogP contribution is 2.33. The van der Waals surface area contributed by atoms with Gasteiger partial charge in [-0.3, -0.25) is 9.69 Å². The summed E-state index contributed by atoms with van der Waals surface area (Å²) in [6.45, 7) is 2.45. The van der Waals surface area contributed by atoms with E-state index >= 15 is 0 Å². The number of rotatable bonds is 5. The first-order chi connectivity index (χ1) is 13.6. The number of likely N-dealkylation sites (N-methyl/N-ethyl adjacent to an activating group) is 1. The lowest BCUT2D eigenvalue weighted by Crippen LogP contribution is -2.42. The van der Waals surface area contributed by atoms with Crippen LogP contribution < -0.4 is 0 Å². The quantitative estimate of drug-likeness (QED) is 0.645. The molecule has 4 nitrogen and oxygen atoms in total. The minimum atomic E-state index is -0.242. The van der Waals surface area contributed by atoms with Crippen molar-refractivity contribution in [2.24, 2.45) is 0 Å². The van der Waals surface area contributed by atoms with Crippen molar-refractivity contribution in [1.29, 1.82) is 0 Å².